The van der Waals surface area contributed by atoms with Gasteiger partial charge in [0.05, 0.1) is 10.6 Å². The van der Waals surface area contributed by atoms with Crippen LogP contribution in [0.3, 0.4) is 0 Å². The van der Waals surface area contributed by atoms with Crippen molar-refractivity contribution in [1.29, 1.82) is 0 Å². The summed E-state index contributed by atoms with van der Waals surface area (Å²) in [5.41, 5.74) is 0.931. The normalized spacial score (nSPS) is 16.3. The van der Waals surface area contributed by atoms with Gasteiger partial charge in [0.2, 0.25) is 0 Å². The molecule has 4 heteroatoms. The molecule has 0 saturated heterocycles. The van der Waals surface area contributed by atoms with Crippen LogP contribution in [0, 0.1) is 5.92 Å². The zero-order valence-electron chi connectivity index (χ0n) is 8.73. The van der Waals surface area contributed by atoms with Crippen molar-refractivity contribution >= 4 is 15.5 Å². The summed E-state index contributed by atoms with van der Waals surface area (Å²) in [5.74, 6) is 0.713. The van der Waals surface area contributed by atoms with E-state index in [0.29, 0.717) is 16.6 Å². The SMILES string of the molecule is CNc1ccc(S(=O)(=O)CC2CC2)cc1. The molecule has 0 amide bonds. The van der Waals surface area contributed by atoms with Gasteiger partial charge in [-0.25, -0.2) is 8.42 Å². The molecule has 0 spiro atoms. The van der Waals surface area contributed by atoms with Gasteiger partial charge in [-0.1, -0.05) is 0 Å². The fourth-order valence-electron chi connectivity index (χ4n) is 1.52. The van der Waals surface area contributed by atoms with E-state index >= 15 is 0 Å². The first kappa shape index (κ1) is 10.5. The molecule has 15 heavy (non-hydrogen) atoms. The molecular formula is C11H15NO2S. The van der Waals surface area contributed by atoms with Crippen molar-refractivity contribution in [3.63, 3.8) is 0 Å². The quantitative estimate of drug-likeness (QED) is 0.851. The Morgan fingerprint density at radius 1 is 1.27 bits per heavy atom. The molecule has 2 rings (SSSR count). The van der Waals surface area contributed by atoms with E-state index in [0.717, 1.165) is 18.5 Å². The molecule has 0 unspecified atom stereocenters. The molecule has 1 aliphatic carbocycles. The van der Waals surface area contributed by atoms with Gasteiger partial charge in [0.25, 0.3) is 0 Å². The Morgan fingerprint density at radius 2 is 1.87 bits per heavy atom. The van der Waals surface area contributed by atoms with Crippen molar-refractivity contribution in [2.24, 2.45) is 5.92 Å². The monoisotopic (exact) mass is 225 g/mol. The van der Waals surface area contributed by atoms with Gasteiger partial charge in [-0.3, -0.25) is 0 Å². The summed E-state index contributed by atoms with van der Waals surface area (Å²) < 4.78 is 23.7. The number of sulfone groups is 1. The molecule has 3 nitrogen and oxygen atoms in total. The first-order valence-electron chi connectivity index (χ1n) is 5.12. The van der Waals surface area contributed by atoms with E-state index in [2.05, 4.69) is 5.32 Å². The van der Waals surface area contributed by atoms with Crippen LogP contribution in [0.5, 0.6) is 0 Å². The maximum Gasteiger partial charge on any atom is 0.178 e. The van der Waals surface area contributed by atoms with Crippen molar-refractivity contribution in [2.75, 3.05) is 18.1 Å². The summed E-state index contributed by atoms with van der Waals surface area (Å²) in [6.07, 6.45) is 2.13. The Balaban J connectivity index is 2.19. The third kappa shape index (κ3) is 2.50. The Hall–Kier alpha value is -1.03. The molecule has 1 N–H and O–H groups in total. The Morgan fingerprint density at radius 3 is 2.33 bits per heavy atom. The molecule has 0 atom stereocenters. The Bertz CT molecular complexity index is 432. The van der Waals surface area contributed by atoms with Crippen LogP contribution in [0.15, 0.2) is 29.2 Å². The van der Waals surface area contributed by atoms with E-state index in [-0.39, 0.29) is 0 Å². The van der Waals surface area contributed by atoms with Crippen molar-refractivity contribution in [3.8, 4) is 0 Å². The lowest BCUT2D eigenvalue weighted by atomic mass is 10.3. The molecule has 1 aromatic carbocycles. The van der Waals surface area contributed by atoms with Crippen LogP contribution in [0.2, 0.25) is 0 Å². The van der Waals surface area contributed by atoms with Gasteiger partial charge in [-0.15, -0.1) is 0 Å². The van der Waals surface area contributed by atoms with Gasteiger partial charge in [0, 0.05) is 12.7 Å². The van der Waals surface area contributed by atoms with E-state index in [1.165, 1.54) is 0 Å². The number of anilines is 1. The summed E-state index contributed by atoms with van der Waals surface area (Å²) in [6, 6.07) is 6.92. The van der Waals surface area contributed by atoms with Crippen molar-refractivity contribution in [2.45, 2.75) is 17.7 Å². The maximum atomic E-state index is 11.9. The van der Waals surface area contributed by atoms with Crippen molar-refractivity contribution < 1.29 is 8.42 Å². The first-order valence-corrected chi connectivity index (χ1v) is 6.77. The zero-order valence-corrected chi connectivity index (χ0v) is 9.55. The Labute approximate surface area is 90.4 Å². The lowest BCUT2D eigenvalue weighted by Crippen LogP contribution is -2.08. The molecule has 1 fully saturated rings. The second-order valence-corrected chi connectivity index (χ2v) is 6.03. The van der Waals surface area contributed by atoms with Crippen LogP contribution in [-0.4, -0.2) is 21.2 Å². The summed E-state index contributed by atoms with van der Waals surface area (Å²) in [4.78, 5) is 0.438. The zero-order chi connectivity index (χ0) is 10.9. The van der Waals surface area contributed by atoms with Crippen molar-refractivity contribution in [1.82, 2.24) is 0 Å². The average molecular weight is 225 g/mol. The highest BCUT2D eigenvalue weighted by Crippen LogP contribution is 2.32. The molecule has 0 heterocycles. The molecule has 1 saturated carbocycles. The maximum absolute atomic E-state index is 11.9. The first-order chi connectivity index (χ1) is 7.12. The smallest absolute Gasteiger partial charge is 0.178 e. The van der Waals surface area contributed by atoms with Gasteiger partial charge in [-0.05, 0) is 43.0 Å². The molecule has 0 aliphatic heterocycles. The van der Waals surface area contributed by atoms with E-state index in [1.54, 1.807) is 24.3 Å². The fraction of sp³-hybridized carbons (Fsp3) is 0.455. The highest BCUT2D eigenvalue weighted by molar-refractivity contribution is 7.91. The van der Waals surface area contributed by atoms with Gasteiger partial charge >= 0.3 is 0 Å². The number of hydrogen-bond donors (Lipinski definition) is 1. The number of benzene rings is 1. The van der Waals surface area contributed by atoms with E-state index in [4.69, 9.17) is 0 Å². The molecule has 0 radical (unpaired) electrons. The van der Waals surface area contributed by atoms with Crippen LogP contribution >= 0.6 is 0 Å². The minimum atomic E-state index is -3.05. The summed E-state index contributed by atoms with van der Waals surface area (Å²) in [6.45, 7) is 0. The topological polar surface area (TPSA) is 46.2 Å². The van der Waals surface area contributed by atoms with E-state index < -0.39 is 9.84 Å². The highest BCUT2D eigenvalue weighted by Gasteiger charge is 2.28. The largest absolute Gasteiger partial charge is 0.388 e. The number of hydrogen-bond acceptors (Lipinski definition) is 3. The lowest BCUT2D eigenvalue weighted by Gasteiger charge is -2.04. The summed E-state index contributed by atoms with van der Waals surface area (Å²) in [7, 11) is -1.24. The molecule has 0 aromatic heterocycles. The molecule has 82 valence electrons. The number of nitrogens with one attached hydrogen (secondary N) is 1. The van der Waals surface area contributed by atoms with Gasteiger partial charge in [-0.2, -0.15) is 0 Å². The van der Waals surface area contributed by atoms with Crippen molar-refractivity contribution in [3.05, 3.63) is 24.3 Å². The summed E-state index contributed by atoms with van der Waals surface area (Å²) in [5, 5.41) is 2.96. The third-order valence-corrected chi connectivity index (χ3v) is 4.55. The fourth-order valence-corrected chi connectivity index (χ4v) is 3.22. The van der Waals surface area contributed by atoms with Crippen LogP contribution < -0.4 is 5.32 Å². The predicted molar refractivity (Wildman–Crippen MR) is 60.8 cm³/mol. The molecule has 0 bridgehead atoms. The van der Waals surface area contributed by atoms with Crippen LogP contribution in [0.1, 0.15) is 12.8 Å². The highest BCUT2D eigenvalue weighted by atomic mass is 32.2. The molecular weight excluding hydrogens is 210 g/mol. The van der Waals surface area contributed by atoms with Gasteiger partial charge < -0.3 is 5.32 Å². The van der Waals surface area contributed by atoms with Crippen LogP contribution in [-0.2, 0) is 9.84 Å². The van der Waals surface area contributed by atoms with Gasteiger partial charge in [0.15, 0.2) is 9.84 Å². The van der Waals surface area contributed by atoms with Gasteiger partial charge in [0.1, 0.15) is 0 Å². The Kier molecular flexibility index (Phi) is 2.69. The number of rotatable bonds is 4. The van der Waals surface area contributed by atoms with Crippen LogP contribution in [0.4, 0.5) is 5.69 Å². The minimum absolute atomic E-state index is 0.311. The third-order valence-electron chi connectivity index (χ3n) is 2.65. The van der Waals surface area contributed by atoms with E-state index in [1.807, 2.05) is 7.05 Å². The lowest BCUT2D eigenvalue weighted by molar-refractivity contribution is 0.592. The molecule has 1 aromatic rings. The predicted octanol–water partition coefficient (Wildman–Crippen LogP) is 1.91. The average Bonchev–Trinajstić information content (AvgIpc) is 3.01. The van der Waals surface area contributed by atoms with Crippen LogP contribution in [0.25, 0.3) is 0 Å². The second-order valence-electron chi connectivity index (χ2n) is 4.00. The second kappa shape index (κ2) is 3.85. The molecule has 1 aliphatic rings. The minimum Gasteiger partial charge on any atom is -0.388 e. The van der Waals surface area contributed by atoms with E-state index in [9.17, 15) is 8.42 Å². The summed E-state index contributed by atoms with van der Waals surface area (Å²) >= 11 is 0. The standard InChI is InChI=1S/C11H15NO2S/c1-12-10-4-6-11(7-5-10)15(13,14)8-9-2-3-9/h4-7,9,12H,2-3,8H2,1H3.